The molecule has 1 aromatic carbocycles. The van der Waals surface area contributed by atoms with Gasteiger partial charge >= 0.3 is 0 Å². The Morgan fingerprint density at radius 3 is 2.52 bits per heavy atom. The Morgan fingerprint density at radius 1 is 0.926 bits per heavy atom. The number of nitrogens with one attached hydrogen (secondary N) is 1. The Hall–Kier alpha value is -2.25. The molecule has 3 aromatic rings. The minimum atomic E-state index is -0.174. The molecule has 5 nitrogen and oxygen atoms in total. The second kappa shape index (κ2) is 8.63. The molecule has 0 amide bonds. The van der Waals surface area contributed by atoms with Gasteiger partial charge < -0.3 is 10.2 Å². The molecule has 142 valence electrons. The Bertz CT molecular complexity index is 867. The Balaban J connectivity index is 1.42. The van der Waals surface area contributed by atoms with E-state index in [4.69, 9.17) is 0 Å². The van der Waals surface area contributed by atoms with E-state index in [-0.39, 0.29) is 5.82 Å². The number of nitrogens with zero attached hydrogens (tertiary/aromatic N) is 4. The molecule has 7 heteroatoms. The Labute approximate surface area is 162 Å². The summed E-state index contributed by atoms with van der Waals surface area (Å²) in [5.41, 5.74) is 1.76. The van der Waals surface area contributed by atoms with Gasteiger partial charge in [0.15, 0.2) is 0 Å². The first-order chi connectivity index (χ1) is 13.3. The summed E-state index contributed by atoms with van der Waals surface area (Å²) in [7, 11) is 0. The van der Waals surface area contributed by atoms with Gasteiger partial charge in [-0.1, -0.05) is 42.4 Å². The first-order valence-corrected chi connectivity index (χ1v) is 10.3. The van der Waals surface area contributed by atoms with Crippen LogP contribution in [0.4, 0.5) is 9.52 Å². The molecule has 0 aliphatic carbocycles. The van der Waals surface area contributed by atoms with Crippen molar-refractivity contribution in [1.29, 1.82) is 0 Å². The van der Waals surface area contributed by atoms with Gasteiger partial charge in [-0.05, 0) is 31.0 Å². The van der Waals surface area contributed by atoms with E-state index in [1.807, 2.05) is 18.3 Å². The number of hydrogen-bond donors (Lipinski definition) is 1. The van der Waals surface area contributed by atoms with Crippen LogP contribution in [-0.2, 0) is 13.1 Å². The number of anilines is 1. The van der Waals surface area contributed by atoms with Crippen molar-refractivity contribution in [3.05, 3.63) is 59.7 Å². The lowest BCUT2D eigenvalue weighted by atomic mass is 10.2. The molecule has 27 heavy (non-hydrogen) atoms. The van der Waals surface area contributed by atoms with Crippen LogP contribution in [0.5, 0.6) is 0 Å². The molecule has 1 aliphatic heterocycles. The number of rotatable bonds is 6. The minimum Gasteiger partial charge on any atom is -0.347 e. The molecule has 1 aliphatic rings. The molecular weight excluding hydrogens is 361 g/mol. The fraction of sp³-hybridized carbons (Fsp3) is 0.400. The van der Waals surface area contributed by atoms with Crippen LogP contribution >= 0.6 is 11.3 Å². The third kappa shape index (κ3) is 4.36. The molecule has 3 heterocycles. The van der Waals surface area contributed by atoms with E-state index in [0.717, 1.165) is 29.0 Å². The molecule has 0 bridgehead atoms. The third-order valence-electron chi connectivity index (χ3n) is 4.90. The minimum absolute atomic E-state index is 0.174. The fourth-order valence-electron chi connectivity index (χ4n) is 3.41. The lowest BCUT2D eigenvalue weighted by Gasteiger charge is -2.17. The Morgan fingerprint density at radius 2 is 1.70 bits per heavy atom. The van der Waals surface area contributed by atoms with Crippen molar-refractivity contribution in [3.8, 4) is 5.13 Å². The summed E-state index contributed by atoms with van der Waals surface area (Å²) >= 11 is 1.63. The van der Waals surface area contributed by atoms with Gasteiger partial charge in [0.2, 0.25) is 10.3 Å². The topological polar surface area (TPSA) is 46.0 Å². The fourth-order valence-corrected chi connectivity index (χ4v) is 4.32. The lowest BCUT2D eigenvalue weighted by Crippen LogP contribution is -2.23. The van der Waals surface area contributed by atoms with E-state index in [0.29, 0.717) is 18.7 Å². The van der Waals surface area contributed by atoms with Gasteiger partial charge in [-0.15, -0.1) is 10.2 Å². The quantitative estimate of drug-likeness (QED) is 0.693. The van der Waals surface area contributed by atoms with E-state index >= 15 is 0 Å². The maximum atomic E-state index is 13.7. The zero-order valence-corrected chi connectivity index (χ0v) is 16.1. The Kier molecular flexibility index (Phi) is 5.79. The molecule has 0 atom stereocenters. The number of benzene rings is 1. The van der Waals surface area contributed by atoms with E-state index in [1.54, 1.807) is 23.5 Å². The second-order valence-corrected chi connectivity index (χ2v) is 7.77. The van der Waals surface area contributed by atoms with Gasteiger partial charge in [0, 0.05) is 43.6 Å². The summed E-state index contributed by atoms with van der Waals surface area (Å²) < 4.78 is 15.8. The SMILES string of the molecule is Fc1ccccc1CNCc1cccn1-c1nnc(N2CCCCCC2)s1. The average molecular weight is 386 g/mol. The molecule has 0 unspecified atom stereocenters. The average Bonchev–Trinajstić information content (AvgIpc) is 3.26. The van der Waals surface area contributed by atoms with Crippen molar-refractivity contribution in [1.82, 2.24) is 20.1 Å². The maximum absolute atomic E-state index is 13.7. The van der Waals surface area contributed by atoms with Crippen LogP contribution in [-0.4, -0.2) is 27.9 Å². The first kappa shape index (κ1) is 18.1. The zero-order chi connectivity index (χ0) is 18.5. The molecule has 2 aromatic heterocycles. The van der Waals surface area contributed by atoms with Crippen molar-refractivity contribution in [2.75, 3.05) is 18.0 Å². The highest BCUT2D eigenvalue weighted by molar-refractivity contribution is 7.17. The summed E-state index contributed by atoms with van der Waals surface area (Å²) in [6, 6.07) is 10.9. The molecule has 1 fully saturated rings. The lowest BCUT2D eigenvalue weighted by molar-refractivity contribution is 0.584. The van der Waals surface area contributed by atoms with Gasteiger partial charge in [-0.3, -0.25) is 4.57 Å². The summed E-state index contributed by atoms with van der Waals surface area (Å²) in [5.74, 6) is -0.174. The van der Waals surface area contributed by atoms with Crippen molar-refractivity contribution in [2.45, 2.75) is 38.8 Å². The monoisotopic (exact) mass is 385 g/mol. The predicted molar refractivity (Wildman–Crippen MR) is 107 cm³/mol. The van der Waals surface area contributed by atoms with Crippen LogP contribution < -0.4 is 10.2 Å². The van der Waals surface area contributed by atoms with Crippen LogP contribution in [0.1, 0.15) is 36.9 Å². The van der Waals surface area contributed by atoms with E-state index in [1.165, 1.54) is 31.7 Å². The van der Waals surface area contributed by atoms with Gasteiger partial charge in [0.25, 0.3) is 0 Å². The van der Waals surface area contributed by atoms with E-state index < -0.39 is 0 Å². The summed E-state index contributed by atoms with van der Waals surface area (Å²) in [4.78, 5) is 2.35. The van der Waals surface area contributed by atoms with E-state index in [2.05, 4.69) is 31.0 Å². The highest BCUT2D eigenvalue weighted by Crippen LogP contribution is 2.26. The van der Waals surface area contributed by atoms with Gasteiger partial charge in [0.1, 0.15) is 5.82 Å². The highest BCUT2D eigenvalue weighted by Gasteiger charge is 2.16. The standard InChI is InChI=1S/C20H24FN5S/c21-18-10-4-3-8-16(18)14-22-15-17-9-7-13-26(17)20-24-23-19(27-20)25-11-5-1-2-6-12-25/h3-4,7-10,13,22H,1-2,5-6,11-12,14-15H2. The van der Waals surface area contributed by atoms with Crippen molar-refractivity contribution >= 4 is 16.5 Å². The smallest absolute Gasteiger partial charge is 0.218 e. The third-order valence-corrected chi connectivity index (χ3v) is 5.88. The molecule has 0 saturated carbocycles. The number of halogens is 1. The van der Waals surface area contributed by atoms with Crippen molar-refractivity contribution in [3.63, 3.8) is 0 Å². The summed E-state index contributed by atoms with van der Waals surface area (Å²) in [6.45, 7) is 3.27. The summed E-state index contributed by atoms with van der Waals surface area (Å²) in [6.07, 6.45) is 7.06. The second-order valence-electron chi connectivity index (χ2n) is 6.83. The maximum Gasteiger partial charge on any atom is 0.218 e. The van der Waals surface area contributed by atoms with Gasteiger partial charge in [-0.25, -0.2) is 4.39 Å². The molecule has 1 saturated heterocycles. The zero-order valence-electron chi connectivity index (χ0n) is 15.3. The van der Waals surface area contributed by atoms with Crippen LogP contribution in [0, 0.1) is 5.82 Å². The van der Waals surface area contributed by atoms with Crippen molar-refractivity contribution in [2.24, 2.45) is 0 Å². The molecule has 1 N–H and O–H groups in total. The largest absolute Gasteiger partial charge is 0.347 e. The molecule has 4 rings (SSSR count). The van der Waals surface area contributed by atoms with Gasteiger partial charge in [0.05, 0.1) is 0 Å². The normalized spacial score (nSPS) is 15.1. The van der Waals surface area contributed by atoms with Crippen LogP contribution in [0.3, 0.4) is 0 Å². The van der Waals surface area contributed by atoms with Crippen LogP contribution in [0.15, 0.2) is 42.6 Å². The number of aromatic nitrogens is 3. The predicted octanol–water partition coefficient (Wildman–Crippen LogP) is 4.14. The van der Waals surface area contributed by atoms with Crippen LogP contribution in [0.25, 0.3) is 5.13 Å². The van der Waals surface area contributed by atoms with E-state index in [9.17, 15) is 4.39 Å². The van der Waals surface area contributed by atoms with Crippen molar-refractivity contribution < 1.29 is 4.39 Å². The first-order valence-electron chi connectivity index (χ1n) is 9.50. The molecule has 0 radical (unpaired) electrons. The highest BCUT2D eigenvalue weighted by atomic mass is 32.1. The molecule has 0 spiro atoms. The van der Waals surface area contributed by atoms with Crippen LogP contribution in [0.2, 0.25) is 0 Å². The van der Waals surface area contributed by atoms with Gasteiger partial charge in [-0.2, -0.15) is 0 Å². The molecular formula is C20H24FN5S. The summed E-state index contributed by atoms with van der Waals surface area (Å²) in [5, 5.41) is 14.0. The number of hydrogen-bond acceptors (Lipinski definition) is 5.